The molecule has 0 amide bonds. The number of allylic oxidation sites excluding steroid dienone is 2. The fraction of sp³-hybridized carbons (Fsp3) is 0.133. The molecule has 0 fully saturated rings. The molecule has 0 saturated heterocycles. The summed E-state index contributed by atoms with van der Waals surface area (Å²) in [7, 11) is 2.11. The molecular formula is C15H15N2S+. The summed E-state index contributed by atoms with van der Waals surface area (Å²) in [6.07, 6.45) is 6.36. The highest BCUT2D eigenvalue weighted by Crippen LogP contribution is 2.30. The van der Waals surface area contributed by atoms with Gasteiger partial charge in [-0.2, -0.15) is 4.57 Å². The number of thiazole rings is 1. The summed E-state index contributed by atoms with van der Waals surface area (Å²) in [5, 5.41) is 6.72. The molecule has 3 rings (SSSR count). The Morgan fingerprint density at radius 2 is 2.11 bits per heavy atom. The van der Waals surface area contributed by atoms with Gasteiger partial charge in [0.1, 0.15) is 7.05 Å². The summed E-state index contributed by atoms with van der Waals surface area (Å²) in [6, 6.07) is 8.38. The summed E-state index contributed by atoms with van der Waals surface area (Å²) >= 11 is 1.78. The van der Waals surface area contributed by atoms with Gasteiger partial charge in [-0.3, -0.25) is 0 Å². The molecular weight excluding hydrogens is 240 g/mol. The lowest BCUT2D eigenvalue weighted by molar-refractivity contribution is -0.674. The Balaban J connectivity index is 2.10. The van der Waals surface area contributed by atoms with Crippen LogP contribution in [0.25, 0.3) is 11.6 Å². The summed E-state index contributed by atoms with van der Waals surface area (Å²) in [4.78, 5) is 0. The van der Waals surface area contributed by atoms with E-state index in [4.69, 9.17) is 0 Å². The Morgan fingerprint density at radius 3 is 2.89 bits per heavy atom. The number of aryl methyl sites for hydroxylation is 1. The number of hydrogen-bond donors (Lipinski definition) is 1. The smallest absolute Gasteiger partial charge is 0.262 e. The van der Waals surface area contributed by atoms with Gasteiger partial charge in [0.2, 0.25) is 0 Å². The Bertz CT molecular complexity index is 650. The van der Waals surface area contributed by atoms with E-state index >= 15 is 0 Å². The van der Waals surface area contributed by atoms with Crippen LogP contribution in [0.4, 0.5) is 5.69 Å². The molecule has 0 radical (unpaired) electrons. The fourth-order valence-electron chi connectivity index (χ4n) is 2.04. The van der Waals surface area contributed by atoms with E-state index in [1.807, 2.05) is 6.20 Å². The van der Waals surface area contributed by atoms with Gasteiger partial charge in [-0.15, -0.1) is 0 Å². The molecule has 1 aromatic heterocycles. The number of para-hydroxylation sites is 1. The van der Waals surface area contributed by atoms with Crippen LogP contribution in [0.3, 0.4) is 0 Å². The van der Waals surface area contributed by atoms with Crippen LogP contribution in [0.2, 0.25) is 0 Å². The monoisotopic (exact) mass is 255 g/mol. The molecule has 90 valence electrons. The predicted molar refractivity (Wildman–Crippen MR) is 77.3 cm³/mol. The van der Waals surface area contributed by atoms with Crippen LogP contribution in [0, 0.1) is 6.92 Å². The molecule has 2 heterocycles. The molecule has 2 aromatic rings. The standard InChI is InChI=1S/C15H14N2S/c1-11-10-18-15(17(11)2)9-12-7-8-16-14-6-4-3-5-13(12)14/h3-10H,1-2H3/p+1. The van der Waals surface area contributed by atoms with Crippen LogP contribution in [0.5, 0.6) is 0 Å². The van der Waals surface area contributed by atoms with E-state index < -0.39 is 0 Å². The van der Waals surface area contributed by atoms with Crippen molar-refractivity contribution >= 4 is 28.7 Å². The third-order valence-electron chi connectivity index (χ3n) is 3.23. The van der Waals surface area contributed by atoms with Crippen molar-refractivity contribution in [1.82, 2.24) is 0 Å². The van der Waals surface area contributed by atoms with Gasteiger partial charge in [0.25, 0.3) is 5.01 Å². The molecule has 0 aliphatic carbocycles. The molecule has 0 atom stereocenters. The van der Waals surface area contributed by atoms with Crippen molar-refractivity contribution in [3.8, 4) is 0 Å². The second-order valence-corrected chi connectivity index (χ2v) is 5.29. The van der Waals surface area contributed by atoms with E-state index in [1.165, 1.54) is 27.5 Å². The van der Waals surface area contributed by atoms with Gasteiger partial charge in [0.15, 0.2) is 5.69 Å². The van der Waals surface area contributed by atoms with Crippen molar-refractivity contribution < 1.29 is 4.57 Å². The maximum absolute atomic E-state index is 3.27. The molecule has 0 spiro atoms. The van der Waals surface area contributed by atoms with Crippen molar-refractivity contribution in [1.29, 1.82) is 0 Å². The summed E-state index contributed by atoms with van der Waals surface area (Å²) in [6.45, 7) is 2.13. The maximum Gasteiger partial charge on any atom is 0.262 e. The number of benzene rings is 1. The van der Waals surface area contributed by atoms with E-state index in [-0.39, 0.29) is 0 Å². The van der Waals surface area contributed by atoms with Crippen molar-refractivity contribution in [2.24, 2.45) is 7.05 Å². The Labute approximate surface area is 111 Å². The first-order chi connectivity index (χ1) is 8.75. The van der Waals surface area contributed by atoms with Crippen LogP contribution in [0.1, 0.15) is 16.3 Å². The van der Waals surface area contributed by atoms with Crippen LogP contribution in [-0.2, 0) is 7.05 Å². The normalized spacial score (nSPS) is 15.6. The van der Waals surface area contributed by atoms with Gasteiger partial charge in [0.05, 0.1) is 5.38 Å². The number of anilines is 1. The zero-order valence-electron chi connectivity index (χ0n) is 10.5. The van der Waals surface area contributed by atoms with Gasteiger partial charge in [-0.25, -0.2) is 0 Å². The minimum atomic E-state index is 1.17. The first-order valence-corrected chi connectivity index (χ1v) is 6.82. The van der Waals surface area contributed by atoms with Crippen LogP contribution in [-0.4, -0.2) is 0 Å². The number of hydrogen-bond acceptors (Lipinski definition) is 2. The van der Waals surface area contributed by atoms with Crippen LogP contribution >= 0.6 is 11.3 Å². The second kappa shape index (κ2) is 4.42. The molecule has 2 nitrogen and oxygen atoms in total. The number of fused-ring (bicyclic) bond motifs is 1. The van der Waals surface area contributed by atoms with Crippen molar-refractivity contribution in [3.63, 3.8) is 0 Å². The molecule has 1 N–H and O–H groups in total. The maximum atomic E-state index is 3.27. The summed E-state index contributed by atoms with van der Waals surface area (Å²) in [5.41, 5.74) is 4.97. The third kappa shape index (κ3) is 1.87. The fourth-order valence-corrected chi connectivity index (χ4v) is 2.99. The Morgan fingerprint density at radius 1 is 1.28 bits per heavy atom. The van der Waals surface area contributed by atoms with E-state index in [9.17, 15) is 0 Å². The minimum absolute atomic E-state index is 1.17. The highest BCUT2D eigenvalue weighted by Gasteiger charge is 2.14. The number of rotatable bonds is 1. The molecule has 1 aliphatic rings. The molecule has 0 bridgehead atoms. The third-order valence-corrected chi connectivity index (χ3v) is 4.32. The predicted octanol–water partition coefficient (Wildman–Crippen LogP) is 3.36. The lowest BCUT2D eigenvalue weighted by Crippen LogP contribution is -2.31. The lowest BCUT2D eigenvalue weighted by atomic mass is 10.0. The molecule has 1 aliphatic heterocycles. The average Bonchev–Trinajstić information content (AvgIpc) is 2.71. The average molecular weight is 255 g/mol. The molecule has 18 heavy (non-hydrogen) atoms. The highest BCUT2D eigenvalue weighted by atomic mass is 32.1. The Kier molecular flexibility index (Phi) is 2.76. The minimum Gasteiger partial charge on any atom is -0.361 e. The molecule has 0 unspecified atom stereocenters. The quantitative estimate of drug-likeness (QED) is 0.773. The van der Waals surface area contributed by atoms with Gasteiger partial charge in [0, 0.05) is 30.5 Å². The zero-order chi connectivity index (χ0) is 12.5. The van der Waals surface area contributed by atoms with Crippen molar-refractivity contribution in [2.45, 2.75) is 6.92 Å². The summed E-state index contributed by atoms with van der Waals surface area (Å²) < 4.78 is 2.22. The van der Waals surface area contributed by atoms with Gasteiger partial charge >= 0.3 is 0 Å². The van der Waals surface area contributed by atoms with Gasteiger partial charge in [-0.05, 0) is 17.7 Å². The first-order valence-electron chi connectivity index (χ1n) is 5.94. The van der Waals surface area contributed by atoms with E-state index in [0.29, 0.717) is 0 Å². The van der Waals surface area contributed by atoms with Gasteiger partial charge in [-0.1, -0.05) is 29.5 Å². The first kappa shape index (κ1) is 11.2. The SMILES string of the molecule is Cc1csc(C=C2C=CNc3ccccc32)[n+]1C. The molecule has 3 heteroatoms. The highest BCUT2D eigenvalue weighted by molar-refractivity contribution is 7.10. The largest absolute Gasteiger partial charge is 0.361 e. The van der Waals surface area contributed by atoms with Crippen molar-refractivity contribution in [3.05, 3.63) is 58.2 Å². The van der Waals surface area contributed by atoms with E-state index in [0.717, 1.165) is 0 Å². The van der Waals surface area contributed by atoms with Gasteiger partial charge < -0.3 is 5.32 Å². The van der Waals surface area contributed by atoms with E-state index in [1.54, 1.807) is 11.3 Å². The number of nitrogens with one attached hydrogen (secondary N) is 1. The molecule has 1 aromatic carbocycles. The second-order valence-electron chi connectivity index (χ2n) is 4.40. The number of nitrogens with zero attached hydrogens (tertiary/aromatic N) is 1. The lowest BCUT2D eigenvalue weighted by Gasteiger charge is -2.14. The Hall–Kier alpha value is -1.87. The molecule has 0 saturated carbocycles. The van der Waals surface area contributed by atoms with Crippen LogP contribution < -0.4 is 9.88 Å². The topological polar surface area (TPSA) is 15.9 Å². The van der Waals surface area contributed by atoms with Crippen LogP contribution in [0.15, 0.2) is 41.9 Å². The zero-order valence-corrected chi connectivity index (χ0v) is 11.3. The number of aromatic nitrogens is 1. The van der Waals surface area contributed by atoms with E-state index in [2.05, 4.69) is 65.7 Å². The van der Waals surface area contributed by atoms with Crippen molar-refractivity contribution in [2.75, 3.05) is 5.32 Å². The summed E-state index contributed by atoms with van der Waals surface area (Å²) in [5.74, 6) is 0.